The maximum Gasteiger partial charge on any atom is 0.339 e. The van der Waals surface area contributed by atoms with Crippen molar-refractivity contribution in [2.24, 2.45) is 0 Å². The van der Waals surface area contributed by atoms with Gasteiger partial charge in [0.1, 0.15) is 5.75 Å². The Hall–Kier alpha value is -3.75. The molecule has 0 aliphatic rings. The zero-order valence-electron chi connectivity index (χ0n) is 19.7. The van der Waals surface area contributed by atoms with E-state index in [1.807, 2.05) is 20.8 Å². The van der Waals surface area contributed by atoms with Gasteiger partial charge < -0.3 is 29.6 Å². The van der Waals surface area contributed by atoms with Gasteiger partial charge in [-0.3, -0.25) is 9.59 Å². The molecule has 2 aromatic rings. The average Bonchev–Trinajstić information content (AvgIpc) is 2.76. The van der Waals surface area contributed by atoms with Crippen LogP contribution in [0.1, 0.15) is 38.1 Å². The third-order valence-electron chi connectivity index (χ3n) is 4.28. The number of rotatable bonds is 9. The molecule has 0 bridgehead atoms. The molecule has 2 N–H and O–H groups in total. The van der Waals surface area contributed by atoms with Gasteiger partial charge in [-0.1, -0.05) is 0 Å². The van der Waals surface area contributed by atoms with Crippen molar-refractivity contribution in [3.63, 3.8) is 0 Å². The molecular formula is C24H30N2O7. The fraction of sp³-hybridized carbons (Fsp3) is 0.375. The zero-order chi connectivity index (χ0) is 24.6. The van der Waals surface area contributed by atoms with Crippen LogP contribution in [0, 0.1) is 0 Å². The smallest absolute Gasteiger partial charge is 0.339 e. The van der Waals surface area contributed by atoms with Crippen molar-refractivity contribution in [3.8, 4) is 17.2 Å². The normalized spacial score (nSPS) is 11.7. The number of carbonyl (C=O) groups is 3. The third kappa shape index (κ3) is 8.03. The Morgan fingerprint density at radius 1 is 0.939 bits per heavy atom. The predicted molar refractivity (Wildman–Crippen MR) is 123 cm³/mol. The van der Waals surface area contributed by atoms with Crippen molar-refractivity contribution in [1.82, 2.24) is 5.32 Å². The second kappa shape index (κ2) is 11.2. The Morgan fingerprint density at radius 3 is 2.18 bits per heavy atom. The first-order chi connectivity index (χ1) is 15.5. The molecule has 0 aliphatic heterocycles. The molecule has 9 heteroatoms. The Balaban J connectivity index is 1.96. The molecule has 9 nitrogen and oxygen atoms in total. The second-order valence-corrected chi connectivity index (χ2v) is 8.22. The van der Waals surface area contributed by atoms with Gasteiger partial charge in [0.05, 0.1) is 19.8 Å². The van der Waals surface area contributed by atoms with Crippen LogP contribution in [0.25, 0.3) is 0 Å². The lowest BCUT2D eigenvalue weighted by Gasteiger charge is -2.23. The van der Waals surface area contributed by atoms with E-state index in [2.05, 4.69) is 10.6 Å². The summed E-state index contributed by atoms with van der Waals surface area (Å²) in [5.41, 5.74) is 0.330. The van der Waals surface area contributed by atoms with Crippen LogP contribution in [0.15, 0.2) is 42.5 Å². The predicted octanol–water partition coefficient (Wildman–Crippen LogP) is 3.18. The topological polar surface area (TPSA) is 112 Å². The number of ether oxygens (including phenoxy) is 4. The first-order valence-electron chi connectivity index (χ1n) is 10.3. The second-order valence-electron chi connectivity index (χ2n) is 8.22. The number of methoxy groups -OCH3 is 2. The fourth-order valence-electron chi connectivity index (χ4n) is 2.68. The fourth-order valence-corrected chi connectivity index (χ4v) is 2.68. The highest BCUT2D eigenvalue weighted by Crippen LogP contribution is 2.28. The summed E-state index contributed by atoms with van der Waals surface area (Å²) < 4.78 is 21.1. The summed E-state index contributed by atoms with van der Waals surface area (Å²) in [5, 5.41) is 5.46. The Labute approximate surface area is 193 Å². The van der Waals surface area contributed by atoms with Crippen molar-refractivity contribution < 1.29 is 33.3 Å². The molecule has 0 heterocycles. The van der Waals surface area contributed by atoms with E-state index in [1.54, 1.807) is 31.4 Å². The van der Waals surface area contributed by atoms with E-state index in [4.69, 9.17) is 18.9 Å². The number of amides is 2. The first kappa shape index (κ1) is 25.5. The lowest BCUT2D eigenvalue weighted by atomic mass is 10.1. The van der Waals surface area contributed by atoms with Crippen LogP contribution < -0.4 is 24.8 Å². The monoisotopic (exact) mass is 458 g/mol. The molecule has 0 aliphatic carbocycles. The van der Waals surface area contributed by atoms with E-state index >= 15 is 0 Å². The van der Waals surface area contributed by atoms with Gasteiger partial charge in [0.2, 0.25) is 0 Å². The number of carbonyl (C=O) groups excluding carboxylic acids is 3. The highest BCUT2D eigenvalue weighted by Gasteiger charge is 2.23. The van der Waals surface area contributed by atoms with Crippen molar-refractivity contribution in [3.05, 3.63) is 48.0 Å². The summed E-state index contributed by atoms with van der Waals surface area (Å²) in [7, 11) is 2.97. The molecule has 0 spiro atoms. The SMILES string of the molecule is COc1ccc(NC(=O)COc2ccc(C(=O)OC(C)C(=O)NC(C)(C)C)cc2OC)cc1. The van der Waals surface area contributed by atoms with Gasteiger partial charge in [-0.15, -0.1) is 0 Å². The maximum atomic E-state index is 12.4. The minimum atomic E-state index is -0.972. The highest BCUT2D eigenvalue weighted by atomic mass is 16.5. The van der Waals surface area contributed by atoms with Crippen LogP contribution in [0.5, 0.6) is 17.2 Å². The quantitative estimate of drug-likeness (QED) is 0.555. The molecule has 0 fully saturated rings. The van der Waals surface area contributed by atoms with Gasteiger partial charge >= 0.3 is 5.97 Å². The molecule has 2 aromatic carbocycles. The lowest BCUT2D eigenvalue weighted by Crippen LogP contribution is -2.46. The summed E-state index contributed by atoms with van der Waals surface area (Å²) in [6.07, 6.45) is -0.972. The molecule has 2 amide bonds. The van der Waals surface area contributed by atoms with Crippen LogP contribution in [-0.4, -0.2) is 50.3 Å². The maximum absolute atomic E-state index is 12.4. The molecule has 0 saturated carbocycles. The van der Waals surface area contributed by atoms with E-state index in [9.17, 15) is 14.4 Å². The number of hydrogen-bond donors (Lipinski definition) is 2. The summed E-state index contributed by atoms with van der Waals surface area (Å²) in [5.74, 6) is -0.258. The van der Waals surface area contributed by atoms with Gasteiger partial charge in [-0.05, 0) is 70.2 Å². The molecule has 33 heavy (non-hydrogen) atoms. The number of nitrogens with one attached hydrogen (secondary N) is 2. The summed E-state index contributed by atoms with van der Waals surface area (Å²) in [6, 6.07) is 11.3. The van der Waals surface area contributed by atoms with Crippen molar-refractivity contribution in [2.45, 2.75) is 39.3 Å². The standard InChI is InChI=1S/C24H30N2O7/c1-15(22(28)26-24(2,3)4)33-23(29)16-7-12-19(20(13-16)31-6)32-14-21(27)25-17-8-10-18(30-5)11-9-17/h7-13,15H,14H2,1-6H3,(H,25,27)(H,26,28). The van der Waals surface area contributed by atoms with E-state index < -0.39 is 23.5 Å². The molecule has 0 radical (unpaired) electrons. The van der Waals surface area contributed by atoms with E-state index in [1.165, 1.54) is 32.2 Å². The molecule has 1 atom stereocenters. The van der Waals surface area contributed by atoms with Crippen LogP contribution in [0.2, 0.25) is 0 Å². The summed E-state index contributed by atoms with van der Waals surface area (Å²) >= 11 is 0. The van der Waals surface area contributed by atoms with Gasteiger partial charge in [-0.25, -0.2) is 4.79 Å². The van der Waals surface area contributed by atoms with Crippen LogP contribution >= 0.6 is 0 Å². The molecular weight excluding hydrogens is 428 g/mol. The van der Waals surface area contributed by atoms with Gasteiger partial charge in [0, 0.05) is 11.2 Å². The Bertz CT molecular complexity index is 981. The van der Waals surface area contributed by atoms with Crippen LogP contribution in [0.4, 0.5) is 5.69 Å². The molecule has 178 valence electrons. The zero-order valence-corrected chi connectivity index (χ0v) is 19.7. The van der Waals surface area contributed by atoms with Gasteiger partial charge in [-0.2, -0.15) is 0 Å². The van der Waals surface area contributed by atoms with Crippen LogP contribution in [-0.2, 0) is 14.3 Å². The van der Waals surface area contributed by atoms with Gasteiger partial charge in [0.25, 0.3) is 11.8 Å². The average molecular weight is 459 g/mol. The van der Waals surface area contributed by atoms with Crippen molar-refractivity contribution in [1.29, 1.82) is 0 Å². The van der Waals surface area contributed by atoms with E-state index in [0.29, 0.717) is 11.4 Å². The molecule has 1 unspecified atom stereocenters. The largest absolute Gasteiger partial charge is 0.497 e. The van der Waals surface area contributed by atoms with E-state index in [0.717, 1.165) is 0 Å². The lowest BCUT2D eigenvalue weighted by molar-refractivity contribution is -0.130. The number of esters is 1. The van der Waals surface area contributed by atoms with E-state index in [-0.39, 0.29) is 29.6 Å². The van der Waals surface area contributed by atoms with Gasteiger partial charge in [0.15, 0.2) is 24.2 Å². The molecule has 0 aromatic heterocycles. The molecule has 0 saturated heterocycles. The summed E-state index contributed by atoms with van der Waals surface area (Å²) in [6.45, 7) is 6.73. The van der Waals surface area contributed by atoms with Crippen molar-refractivity contribution in [2.75, 3.05) is 26.1 Å². The third-order valence-corrected chi connectivity index (χ3v) is 4.28. The van der Waals surface area contributed by atoms with Crippen molar-refractivity contribution >= 4 is 23.5 Å². The molecule has 2 rings (SSSR count). The minimum Gasteiger partial charge on any atom is -0.497 e. The number of hydrogen-bond acceptors (Lipinski definition) is 7. The highest BCUT2D eigenvalue weighted by molar-refractivity contribution is 5.93. The Kier molecular flexibility index (Phi) is 8.67. The number of benzene rings is 2. The summed E-state index contributed by atoms with van der Waals surface area (Å²) in [4.78, 5) is 36.8. The minimum absolute atomic E-state index is 0.178. The number of anilines is 1. The van der Waals surface area contributed by atoms with Crippen LogP contribution in [0.3, 0.4) is 0 Å². The Morgan fingerprint density at radius 2 is 1.61 bits per heavy atom. The first-order valence-corrected chi connectivity index (χ1v) is 10.3.